The van der Waals surface area contributed by atoms with E-state index in [1.165, 1.54) is 10.9 Å². The van der Waals surface area contributed by atoms with E-state index in [9.17, 15) is 0 Å². The zero-order chi connectivity index (χ0) is 29.8. The first kappa shape index (κ1) is 26.1. The molecule has 4 aromatic heterocycles. The topological polar surface area (TPSA) is 95.0 Å². The van der Waals surface area contributed by atoms with Crippen LogP contribution in [0.2, 0.25) is 0 Å². The molecular formula is C35H31N9. The van der Waals surface area contributed by atoms with Gasteiger partial charge in [-0.1, -0.05) is 43.3 Å². The van der Waals surface area contributed by atoms with Gasteiger partial charge in [0.05, 0.1) is 39.8 Å². The zero-order valence-corrected chi connectivity index (χ0v) is 24.9. The van der Waals surface area contributed by atoms with Gasteiger partial charge >= 0.3 is 0 Å². The summed E-state index contributed by atoms with van der Waals surface area (Å²) in [6.07, 6.45) is 4.05. The van der Waals surface area contributed by atoms with Crippen molar-refractivity contribution in [1.82, 2.24) is 44.3 Å². The first-order valence-corrected chi connectivity index (χ1v) is 14.9. The van der Waals surface area contributed by atoms with Crippen LogP contribution in [0.5, 0.6) is 0 Å². The number of hydrogen-bond acceptors (Lipinski definition) is 5. The van der Waals surface area contributed by atoms with Gasteiger partial charge in [-0.05, 0) is 78.2 Å². The first-order valence-electron chi connectivity index (χ1n) is 14.9. The van der Waals surface area contributed by atoms with E-state index >= 15 is 0 Å². The predicted molar refractivity (Wildman–Crippen MR) is 174 cm³/mol. The fraction of sp³-hybridized carbons (Fsp3) is 0.171. The molecular weight excluding hydrogens is 546 g/mol. The molecule has 0 radical (unpaired) electrons. The van der Waals surface area contributed by atoms with Crippen molar-refractivity contribution >= 4 is 33.0 Å². The third kappa shape index (κ3) is 4.11. The number of H-pyrrole nitrogens is 1. The van der Waals surface area contributed by atoms with Gasteiger partial charge in [0.2, 0.25) is 5.82 Å². The van der Waals surface area contributed by atoms with E-state index in [2.05, 4.69) is 122 Å². The Morgan fingerprint density at radius 2 is 1.68 bits per heavy atom. The highest BCUT2D eigenvalue weighted by molar-refractivity contribution is 5.89. The molecule has 0 saturated carbocycles. The molecule has 0 aliphatic carbocycles. The molecule has 0 amide bonds. The lowest BCUT2D eigenvalue weighted by molar-refractivity contribution is 0.724. The molecule has 0 saturated heterocycles. The van der Waals surface area contributed by atoms with E-state index in [0.29, 0.717) is 12.4 Å². The molecule has 4 aromatic carbocycles. The van der Waals surface area contributed by atoms with Crippen molar-refractivity contribution in [2.75, 3.05) is 0 Å². The van der Waals surface area contributed by atoms with Crippen LogP contribution in [0.4, 0.5) is 0 Å². The molecule has 0 aliphatic rings. The van der Waals surface area contributed by atoms with Gasteiger partial charge in [0.15, 0.2) is 0 Å². The molecule has 9 nitrogen and oxygen atoms in total. The average Bonchev–Trinajstić information content (AvgIpc) is 3.85. The molecule has 216 valence electrons. The Balaban J connectivity index is 1.26. The van der Waals surface area contributed by atoms with Gasteiger partial charge in [0.1, 0.15) is 11.6 Å². The summed E-state index contributed by atoms with van der Waals surface area (Å²) in [5.41, 5.74) is 10.8. The zero-order valence-electron chi connectivity index (χ0n) is 24.9. The number of para-hydroxylation sites is 3. The number of nitrogens with zero attached hydrogens (tertiary/aromatic N) is 8. The minimum Gasteiger partial charge on any atom is -0.327 e. The fourth-order valence-corrected chi connectivity index (χ4v) is 6.46. The SMILES string of the molecule is CCCc1nc2c(C)cc(-c3nc4ccccc4n3C)cc2n1Cc1cccc2c1ccn2-c1ccccc1-c1nn[nH]n1. The van der Waals surface area contributed by atoms with E-state index in [1.807, 2.05) is 24.3 Å². The Morgan fingerprint density at radius 1 is 0.841 bits per heavy atom. The third-order valence-electron chi connectivity index (χ3n) is 8.54. The summed E-state index contributed by atoms with van der Waals surface area (Å²) >= 11 is 0. The highest BCUT2D eigenvalue weighted by Gasteiger charge is 2.19. The second kappa shape index (κ2) is 10.3. The average molecular weight is 578 g/mol. The minimum absolute atomic E-state index is 0.569. The number of imidazole rings is 2. The maximum absolute atomic E-state index is 5.18. The quantitative estimate of drug-likeness (QED) is 0.220. The van der Waals surface area contributed by atoms with Crippen LogP contribution < -0.4 is 0 Å². The Morgan fingerprint density at radius 3 is 2.52 bits per heavy atom. The van der Waals surface area contributed by atoms with Crippen LogP contribution in [-0.4, -0.2) is 44.3 Å². The van der Waals surface area contributed by atoms with Crippen LogP contribution in [-0.2, 0) is 20.0 Å². The number of tetrazole rings is 1. The van der Waals surface area contributed by atoms with Crippen LogP contribution >= 0.6 is 0 Å². The summed E-state index contributed by atoms with van der Waals surface area (Å²) in [5, 5.41) is 16.0. The van der Waals surface area contributed by atoms with Crippen molar-refractivity contribution in [2.45, 2.75) is 33.2 Å². The summed E-state index contributed by atoms with van der Waals surface area (Å²) in [7, 11) is 2.09. The van der Waals surface area contributed by atoms with Crippen molar-refractivity contribution < 1.29 is 0 Å². The second-order valence-electron chi connectivity index (χ2n) is 11.3. The number of aryl methyl sites for hydroxylation is 3. The van der Waals surface area contributed by atoms with Crippen LogP contribution in [0.25, 0.3) is 61.4 Å². The Bertz CT molecular complexity index is 2300. The first-order chi connectivity index (χ1) is 21.6. The molecule has 0 bridgehead atoms. The van der Waals surface area contributed by atoms with Gasteiger partial charge in [0, 0.05) is 36.2 Å². The molecule has 4 heterocycles. The van der Waals surface area contributed by atoms with E-state index in [1.54, 1.807) is 0 Å². The Hall–Kier alpha value is -5.57. The normalized spacial score (nSPS) is 11.8. The molecule has 9 heteroatoms. The monoisotopic (exact) mass is 577 g/mol. The number of nitrogens with one attached hydrogen (secondary N) is 1. The predicted octanol–water partition coefficient (Wildman–Crippen LogP) is 7.02. The summed E-state index contributed by atoms with van der Waals surface area (Å²) < 4.78 is 6.79. The number of fused-ring (bicyclic) bond motifs is 3. The summed E-state index contributed by atoms with van der Waals surface area (Å²) in [6.45, 7) is 5.08. The number of aromatic nitrogens is 9. The largest absolute Gasteiger partial charge is 0.327 e. The van der Waals surface area contributed by atoms with E-state index < -0.39 is 0 Å². The van der Waals surface area contributed by atoms with Crippen molar-refractivity contribution in [2.24, 2.45) is 7.05 Å². The number of rotatable bonds is 7. The smallest absolute Gasteiger partial charge is 0.206 e. The van der Waals surface area contributed by atoms with Gasteiger partial charge in [-0.3, -0.25) is 0 Å². The summed E-state index contributed by atoms with van der Waals surface area (Å²) in [4.78, 5) is 10.2. The lowest BCUT2D eigenvalue weighted by Crippen LogP contribution is -2.06. The lowest BCUT2D eigenvalue weighted by Gasteiger charge is -2.13. The van der Waals surface area contributed by atoms with Crippen LogP contribution in [0.1, 0.15) is 30.3 Å². The van der Waals surface area contributed by atoms with E-state index in [-0.39, 0.29) is 0 Å². The molecule has 8 rings (SSSR count). The van der Waals surface area contributed by atoms with Crippen LogP contribution in [0.15, 0.2) is 91.1 Å². The van der Waals surface area contributed by atoms with Gasteiger partial charge in [0.25, 0.3) is 0 Å². The van der Waals surface area contributed by atoms with Gasteiger partial charge in [-0.25, -0.2) is 9.97 Å². The van der Waals surface area contributed by atoms with Crippen molar-refractivity contribution in [3.8, 4) is 28.5 Å². The summed E-state index contributed by atoms with van der Waals surface area (Å²) in [5.74, 6) is 2.63. The van der Waals surface area contributed by atoms with Crippen LogP contribution in [0.3, 0.4) is 0 Å². The summed E-state index contributed by atoms with van der Waals surface area (Å²) in [6, 6.07) is 29.6. The number of aromatic amines is 1. The van der Waals surface area contributed by atoms with Crippen molar-refractivity contribution in [1.29, 1.82) is 0 Å². The molecule has 0 spiro atoms. The third-order valence-corrected chi connectivity index (χ3v) is 8.54. The second-order valence-corrected chi connectivity index (χ2v) is 11.3. The molecule has 44 heavy (non-hydrogen) atoms. The minimum atomic E-state index is 0.569. The Kier molecular flexibility index (Phi) is 6.11. The lowest BCUT2D eigenvalue weighted by atomic mass is 10.1. The van der Waals surface area contributed by atoms with Gasteiger partial charge < -0.3 is 13.7 Å². The van der Waals surface area contributed by atoms with Gasteiger partial charge in [-0.15, -0.1) is 10.2 Å². The molecule has 0 atom stereocenters. The molecule has 0 fully saturated rings. The van der Waals surface area contributed by atoms with E-state index in [4.69, 9.17) is 9.97 Å². The van der Waals surface area contributed by atoms with E-state index in [0.717, 1.165) is 74.5 Å². The van der Waals surface area contributed by atoms with Crippen LogP contribution in [0, 0.1) is 6.92 Å². The van der Waals surface area contributed by atoms with Gasteiger partial charge in [-0.2, -0.15) is 5.21 Å². The molecule has 0 unspecified atom stereocenters. The number of benzene rings is 4. The molecule has 1 N–H and O–H groups in total. The highest BCUT2D eigenvalue weighted by atomic mass is 15.5. The van der Waals surface area contributed by atoms with Crippen molar-refractivity contribution in [3.05, 3.63) is 108 Å². The maximum atomic E-state index is 5.18. The Labute approximate surface area is 253 Å². The highest BCUT2D eigenvalue weighted by Crippen LogP contribution is 2.33. The molecule has 8 aromatic rings. The maximum Gasteiger partial charge on any atom is 0.206 e. The molecule has 0 aliphatic heterocycles. The standard InChI is InChI=1S/C35H31N9/c1-4-10-32-37-33-22(2)19-24(35-36-27-13-6-8-15-30(27)42(35)3)20-31(33)44(32)21-23-11-9-16-28-25(23)17-18-43(28)29-14-7-5-12-26(29)34-38-40-41-39-34/h5-9,11-20H,4,10,21H2,1-3H3,(H,38,39,40,41). The number of hydrogen-bond donors (Lipinski definition) is 1. The fourth-order valence-electron chi connectivity index (χ4n) is 6.46. The van der Waals surface area contributed by atoms with Crippen molar-refractivity contribution in [3.63, 3.8) is 0 Å².